The molecule has 4 rings (SSSR count). The van der Waals surface area contributed by atoms with Gasteiger partial charge in [0.05, 0.1) is 12.3 Å². The standard InChI is InChI=1S/C18H15ClN4OS/c19-15-5-3-14(4-6-15)18-23(17(24)10-25-18)16-7-1-13(2-8-16)9-22-12-20-11-21-22/h1-8,11-12,18H,9-10H2. The van der Waals surface area contributed by atoms with Crippen LogP contribution in [0.25, 0.3) is 0 Å². The predicted molar refractivity (Wildman–Crippen MR) is 99.7 cm³/mol. The molecule has 1 unspecified atom stereocenters. The van der Waals surface area contributed by atoms with Gasteiger partial charge in [-0.1, -0.05) is 35.9 Å². The minimum absolute atomic E-state index is 0.0223. The number of hydrogen-bond donors (Lipinski definition) is 0. The Morgan fingerprint density at radius 1 is 1.12 bits per heavy atom. The number of hydrogen-bond acceptors (Lipinski definition) is 4. The van der Waals surface area contributed by atoms with Gasteiger partial charge in [0, 0.05) is 10.7 Å². The largest absolute Gasteiger partial charge is 0.295 e. The second kappa shape index (κ2) is 6.90. The van der Waals surface area contributed by atoms with Crippen molar-refractivity contribution in [1.82, 2.24) is 14.8 Å². The van der Waals surface area contributed by atoms with E-state index < -0.39 is 0 Å². The molecule has 7 heteroatoms. The Kier molecular flexibility index (Phi) is 4.46. The smallest absolute Gasteiger partial charge is 0.238 e. The van der Waals surface area contributed by atoms with Gasteiger partial charge in [0.2, 0.25) is 5.91 Å². The first kappa shape index (κ1) is 16.2. The molecule has 1 fully saturated rings. The monoisotopic (exact) mass is 370 g/mol. The molecule has 126 valence electrons. The SMILES string of the molecule is O=C1CSC(c2ccc(Cl)cc2)N1c1ccc(Cn2cncn2)cc1. The average molecular weight is 371 g/mol. The summed E-state index contributed by atoms with van der Waals surface area (Å²) < 4.78 is 1.77. The van der Waals surface area contributed by atoms with Crippen molar-refractivity contribution in [2.24, 2.45) is 0 Å². The third-order valence-electron chi connectivity index (χ3n) is 4.05. The van der Waals surface area contributed by atoms with Crippen LogP contribution in [0.3, 0.4) is 0 Å². The molecule has 0 N–H and O–H groups in total. The molecule has 3 aromatic rings. The zero-order chi connectivity index (χ0) is 17.2. The van der Waals surface area contributed by atoms with Gasteiger partial charge in [0.15, 0.2) is 0 Å². The van der Waals surface area contributed by atoms with Crippen molar-refractivity contribution in [3.63, 3.8) is 0 Å². The number of anilines is 1. The Morgan fingerprint density at radius 3 is 2.56 bits per heavy atom. The van der Waals surface area contributed by atoms with Gasteiger partial charge in [-0.25, -0.2) is 9.67 Å². The summed E-state index contributed by atoms with van der Waals surface area (Å²) in [6.45, 7) is 0.656. The Morgan fingerprint density at radius 2 is 1.88 bits per heavy atom. The molecule has 1 saturated heterocycles. The molecular formula is C18H15ClN4OS. The molecule has 5 nitrogen and oxygen atoms in total. The number of carbonyl (C=O) groups excluding carboxylic acids is 1. The van der Waals surface area contributed by atoms with E-state index in [0.717, 1.165) is 16.8 Å². The lowest BCUT2D eigenvalue weighted by Gasteiger charge is -2.24. The van der Waals surface area contributed by atoms with Crippen molar-refractivity contribution < 1.29 is 4.79 Å². The van der Waals surface area contributed by atoms with Gasteiger partial charge in [-0.2, -0.15) is 5.10 Å². The topological polar surface area (TPSA) is 51.0 Å². The van der Waals surface area contributed by atoms with Gasteiger partial charge in [0.1, 0.15) is 18.0 Å². The van der Waals surface area contributed by atoms with Crippen LogP contribution in [0.2, 0.25) is 5.02 Å². The normalized spacial score (nSPS) is 17.2. The number of halogens is 1. The lowest BCUT2D eigenvalue weighted by Crippen LogP contribution is -2.27. The maximum absolute atomic E-state index is 12.4. The summed E-state index contributed by atoms with van der Waals surface area (Å²) in [4.78, 5) is 18.2. The van der Waals surface area contributed by atoms with E-state index in [1.54, 1.807) is 22.8 Å². The molecule has 1 aliphatic heterocycles. The van der Waals surface area contributed by atoms with Gasteiger partial charge in [-0.05, 0) is 35.4 Å². The van der Waals surface area contributed by atoms with Crippen LogP contribution >= 0.6 is 23.4 Å². The maximum Gasteiger partial charge on any atom is 0.238 e. The fourth-order valence-electron chi connectivity index (χ4n) is 2.84. The fraction of sp³-hybridized carbons (Fsp3) is 0.167. The molecule has 0 spiro atoms. The van der Waals surface area contributed by atoms with E-state index in [-0.39, 0.29) is 11.3 Å². The fourth-order valence-corrected chi connectivity index (χ4v) is 4.14. The molecule has 1 aromatic heterocycles. The lowest BCUT2D eigenvalue weighted by atomic mass is 10.1. The number of nitrogens with zero attached hydrogens (tertiary/aromatic N) is 4. The zero-order valence-corrected chi connectivity index (χ0v) is 14.8. The van der Waals surface area contributed by atoms with Crippen LogP contribution in [0.1, 0.15) is 16.5 Å². The Labute approximate surface area is 154 Å². The highest BCUT2D eigenvalue weighted by Crippen LogP contribution is 2.41. The molecule has 2 aromatic carbocycles. The van der Waals surface area contributed by atoms with Crippen molar-refractivity contribution in [3.8, 4) is 0 Å². The molecule has 1 amide bonds. The van der Waals surface area contributed by atoms with E-state index in [0.29, 0.717) is 17.3 Å². The first-order chi connectivity index (χ1) is 12.2. The number of rotatable bonds is 4. The van der Waals surface area contributed by atoms with Crippen LogP contribution in [0.5, 0.6) is 0 Å². The third kappa shape index (κ3) is 3.41. The molecule has 0 saturated carbocycles. The minimum atomic E-state index is -0.0223. The number of carbonyl (C=O) groups is 1. The summed E-state index contributed by atoms with van der Waals surface area (Å²) in [5, 5.41) is 4.78. The number of thioether (sulfide) groups is 1. The van der Waals surface area contributed by atoms with E-state index in [2.05, 4.69) is 10.1 Å². The molecular weight excluding hydrogens is 356 g/mol. The van der Waals surface area contributed by atoms with Crippen molar-refractivity contribution in [3.05, 3.63) is 77.3 Å². The van der Waals surface area contributed by atoms with Gasteiger partial charge < -0.3 is 0 Å². The third-order valence-corrected chi connectivity index (χ3v) is 5.51. The average Bonchev–Trinajstić information content (AvgIpc) is 3.26. The van der Waals surface area contributed by atoms with E-state index in [4.69, 9.17) is 11.6 Å². The second-order valence-electron chi connectivity index (χ2n) is 5.74. The van der Waals surface area contributed by atoms with Gasteiger partial charge >= 0.3 is 0 Å². The first-order valence-corrected chi connectivity index (χ1v) is 9.24. The highest BCUT2D eigenvalue weighted by Gasteiger charge is 2.33. The van der Waals surface area contributed by atoms with Crippen molar-refractivity contribution >= 4 is 35.0 Å². The zero-order valence-electron chi connectivity index (χ0n) is 13.2. The van der Waals surface area contributed by atoms with Crippen molar-refractivity contribution in [2.75, 3.05) is 10.7 Å². The van der Waals surface area contributed by atoms with Crippen LogP contribution in [0.4, 0.5) is 5.69 Å². The molecule has 25 heavy (non-hydrogen) atoms. The number of benzene rings is 2. The van der Waals surface area contributed by atoms with Gasteiger partial charge in [0.25, 0.3) is 0 Å². The van der Waals surface area contributed by atoms with E-state index in [1.165, 1.54) is 6.33 Å². The summed E-state index contributed by atoms with van der Waals surface area (Å²) in [7, 11) is 0. The van der Waals surface area contributed by atoms with Crippen LogP contribution in [0, 0.1) is 0 Å². The van der Waals surface area contributed by atoms with Crippen LogP contribution < -0.4 is 4.90 Å². The summed E-state index contributed by atoms with van der Waals surface area (Å²) >= 11 is 7.61. The predicted octanol–water partition coefficient (Wildman–Crippen LogP) is 3.76. The molecule has 0 bridgehead atoms. The summed E-state index contributed by atoms with van der Waals surface area (Å²) in [6.07, 6.45) is 3.20. The van der Waals surface area contributed by atoms with Gasteiger partial charge in [-0.3, -0.25) is 9.69 Å². The first-order valence-electron chi connectivity index (χ1n) is 7.81. The van der Waals surface area contributed by atoms with E-state index >= 15 is 0 Å². The Balaban J connectivity index is 1.58. The van der Waals surface area contributed by atoms with Gasteiger partial charge in [-0.15, -0.1) is 11.8 Å². The van der Waals surface area contributed by atoms with Crippen LogP contribution in [-0.4, -0.2) is 26.4 Å². The van der Waals surface area contributed by atoms with E-state index in [9.17, 15) is 4.79 Å². The summed E-state index contributed by atoms with van der Waals surface area (Å²) in [5.41, 5.74) is 3.08. The molecule has 0 radical (unpaired) electrons. The molecule has 2 heterocycles. The van der Waals surface area contributed by atoms with Crippen LogP contribution in [0.15, 0.2) is 61.2 Å². The number of aromatic nitrogens is 3. The second-order valence-corrected chi connectivity index (χ2v) is 7.24. The highest BCUT2D eigenvalue weighted by atomic mass is 35.5. The van der Waals surface area contributed by atoms with E-state index in [1.807, 2.05) is 53.4 Å². The summed E-state index contributed by atoms with van der Waals surface area (Å²) in [5.74, 6) is 0.600. The molecule has 0 aliphatic carbocycles. The highest BCUT2D eigenvalue weighted by molar-refractivity contribution is 8.00. The maximum atomic E-state index is 12.4. The van der Waals surface area contributed by atoms with Crippen molar-refractivity contribution in [1.29, 1.82) is 0 Å². The molecule has 1 atom stereocenters. The Bertz CT molecular complexity index is 865. The molecule has 1 aliphatic rings. The lowest BCUT2D eigenvalue weighted by molar-refractivity contribution is -0.115. The van der Waals surface area contributed by atoms with Crippen LogP contribution in [-0.2, 0) is 11.3 Å². The van der Waals surface area contributed by atoms with Crippen molar-refractivity contribution in [2.45, 2.75) is 11.9 Å². The minimum Gasteiger partial charge on any atom is -0.295 e. The Hall–Kier alpha value is -2.31. The quantitative estimate of drug-likeness (QED) is 0.701. The summed E-state index contributed by atoms with van der Waals surface area (Å²) in [6, 6.07) is 15.7. The number of amides is 1.